The summed E-state index contributed by atoms with van der Waals surface area (Å²) >= 11 is 0. The van der Waals surface area contributed by atoms with Crippen LogP contribution in [0, 0.1) is 5.41 Å². The van der Waals surface area contributed by atoms with Gasteiger partial charge in [-0.25, -0.2) is 0 Å². The van der Waals surface area contributed by atoms with Crippen molar-refractivity contribution >= 4 is 5.69 Å². The highest BCUT2D eigenvalue weighted by molar-refractivity contribution is 5.48. The maximum Gasteiger partial charge on any atom is 0.0367 e. The molecule has 1 aromatic rings. The standard InChI is InChI=1S/C16H26N2/c1-13(16(2,3)4)14-5-7-15(8-6-14)18-11-9-17-10-12-18/h5-8,13,17H,9-12H2,1-4H3. The van der Waals surface area contributed by atoms with Crippen molar-refractivity contribution in [3.63, 3.8) is 0 Å². The molecule has 2 heteroatoms. The molecule has 0 spiro atoms. The van der Waals surface area contributed by atoms with Gasteiger partial charge >= 0.3 is 0 Å². The van der Waals surface area contributed by atoms with Gasteiger partial charge in [0.05, 0.1) is 0 Å². The molecule has 1 aliphatic heterocycles. The van der Waals surface area contributed by atoms with E-state index in [-0.39, 0.29) is 0 Å². The third-order valence-corrected chi connectivity index (χ3v) is 4.17. The summed E-state index contributed by atoms with van der Waals surface area (Å²) in [5, 5.41) is 3.39. The van der Waals surface area contributed by atoms with Gasteiger partial charge in [-0.3, -0.25) is 0 Å². The van der Waals surface area contributed by atoms with Crippen LogP contribution in [0.5, 0.6) is 0 Å². The van der Waals surface area contributed by atoms with E-state index >= 15 is 0 Å². The third-order valence-electron chi connectivity index (χ3n) is 4.17. The molecule has 1 aromatic carbocycles. The fourth-order valence-electron chi connectivity index (χ4n) is 2.40. The molecular formula is C16H26N2. The van der Waals surface area contributed by atoms with Crippen LogP contribution in [0.15, 0.2) is 24.3 Å². The van der Waals surface area contributed by atoms with Crippen molar-refractivity contribution in [1.29, 1.82) is 0 Å². The topological polar surface area (TPSA) is 15.3 Å². The number of hydrogen-bond acceptors (Lipinski definition) is 2. The molecule has 1 unspecified atom stereocenters. The predicted molar refractivity (Wildman–Crippen MR) is 79.4 cm³/mol. The Morgan fingerprint density at radius 2 is 1.61 bits per heavy atom. The zero-order valence-electron chi connectivity index (χ0n) is 12.2. The summed E-state index contributed by atoms with van der Waals surface area (Å²) in [6, 6.07) is 9.16. The second-order valence-corrected chi connectivity index (χ2v) is 6.42. The van der Waals surface area contributed by atoms with Crippen molar-refractivity contribution in [3.8, 4) is 0 Å². The number of anilines is 1. The molecular weight excluding hydrogens is 220 g/mol. The summed E-state index contributed by atoms with van der Waals surface area (Å²) in [4.78, 5) is 2.46. The lowest BCUT2D eigenvalue weighted by Crippen LogP contribution is -2.43. The summed E-state index contributed by atoms with van der Waals surface area (Å²) in [7, 11) is 0. The van der Waals surface area contributed by atoms with Gasteiger partial charge in [-0.1, -0.05) is 39.8 Å². The van der Waals surface area contributed by atoms with E-state index < -0.39 is 0 Å². The molecule has 2 nitrogen and oxygen atoms in total. The lowest BCUT2D eigenvalue weighted by Gasteiger charge is -2.31. The van der Waals surface area contributed by atoms with Crippen LogP contribution in [0.4, 0.5) is 5.69 Å². The summed E-state index contributed by atoms with van der Waals surface area (Å²) < 4.78 is 0. The van der Waals surface area contributed by atoms with Crippen LogP contribution in [0.1, 0.15) is 39.2 Å². The van der Waals surface area contributed by atoms with Crippen LogP contribution in [-0.2, 0) is 0 Å². The maximum absolute atomic E-state index is 3.39. The predicted octanol–water partition coefficient (Wildman–Crippen LogP) is 3.25. The van der Waals surface area contributed by atoms with Gasteiger partial charge in [0.2, 0.25) is 0 Å². The summed E-state index contributed by atoms with van der Waals surface area (Å²) in [6.07, 6.45) is 0. The normalized spacial score (nSPS) is 18.8. The second kappa shape index (κ2) is 5.31. The number of hydrogen-bond donors (Lipinski definition) is 1. The van der Waals surface area contributed by atoms with Crippen LogP contribution in [0.2, 0.25) is 0 Å². The molecule has 1 N–H and O–H groups in total. The van der Waals surface area contributed by atoms with Crippen molar-refractivity contribution in [1.82, 2.24) is 5.32 Å². The summed E-state index contributed by atoms with van der Waals surface area (Å²) in [5.74, 6) is 0.592. The average molecular weight is 246 g/mol. The van der Waals surface area contributed by atoms with Crippen LogP contribution < -0.4 is 10.2 Å². The van der Waals surface area contributed by atoms with E-state index in [4.69, 9.17) is 0 Å². The van der Waals surface area contributed by atoms with Crippen LogP contribution in [0.25, 0.3) is 0 Å². The van der Waals surface area contributed by atoms with E-state index in [1.165, 1.54) is 11.3 Å². The van der Waals surface area contributed by atoms with Gasteiger partial charge in [-0.2, -0.15) is 0 Å². The van der Waals surface area contributed by atoms with Gasteiger partial charge < -0.3 is 10.2 Å². The molecule has 0 aliphatic carbocycles. The van der Waals surface area contributed by atoms with E-state index in [1.54, 1.807) is 0 Å². The Hall–Kier alpha value is -1.02. The Labute approximate surface area is 111 Å². The van der Waals surface area contributed by atoms with E-state index in [0.29, 0.717) is 11.3 Å². The van der Waals surface area contributed by atoms with E-state index in [2.05, 4.69) is 62.2 Å². The minimum atomic E-state index is 0.330. The van der Waals surface area contributed by atoms with Crippen molar-refractivity contribution < 1.29 is 0 Å². The maximum atomic E-state index is 3.39. The molecule has 1 saturated heterocycles. The van der Waals surface area contributed by atoms with E-state index in [1.807, 2.05) is 0 Å². The van der Waals surface area contributed by atoms with Gasteiger partial charge in [0, 0.05) is 31.9 Å². The fourth-order valence-corrected chi connectivity index (χ4v) is 2.40. The number of rotatable bonds is 2. The molecule has 0 aromatic heterocycles. The minimum absolute atomic E-state index is 0.330. The van der Waals surface area contributed by atoms with Crippen molar-refractivity contribution in [2.24, 2.45) is 5.41 Å². The van der Waals surface area contributed by atoms with Crippen molar-refractivity contribution in [3.05, 3.63) is 29.8 Å². The third kappa shape index (κ3) is 3.05. The van der Waals surface area contributed by atoms with E-state index in [9.17, 15) is 0 Å². The number of piperazine rings is 1. The van der Waals surface area contributed by atoms with Gasteiger partial charge in [-0.15, -0.1) is 0 Å². The molecule has 1 heterocycles. The van der Waals surface area contributed by atoms with Crippen molar-refractivity contribution in [2.45, 2.75) is 33.6 Å². The molecule has 1 atom stereocenters. The highest BCUT2D eigenvalue weighted by atomic mass is 15.2. The Morgan fingerprint density at radius 3 is 2.11 bits per heavy atom. The number of benzene rings is 1. The SMILES string of the molecule is CC(c1ccc(N2CCNCC2)cc1)C(C)(C)C. The summed E-state index contributed by atoms with van der Waals surface area (Å²) in [6.45, 7) is 13.7. The zero-order chi connectivity index (χ0) is 13.2. The number of nitrogens with zero attached hydrogens (tertiary/aromatic N) is 1. The van der Waals surface area contributed by atoms with Crippen LogP contribution >= 0.6 is 0 Å². The highest BCUT2D eigenvalue weighted by Crippen LogP contribution is 2.34. The minimum Gasteiger partial charge on any atom is -0.369 e. The molecule has 18 heavy (non-hydrogen) atoms. The molecule has 0 radical (unpaired) electrons. The highest BCUT2D eigenvalue weighted by Gasteiger charge is 2.21. The molecule has 1 aliphatic rings. The van der Waals surface area contributed by atoms with Gasteiger partial charge in [0.25, 0.3) is 0 Å². The molecule has 100 valence electrons. The van der Waals surface area contributed by atoms with Crippen molar-refractivity contribution in [2.75, 3.05) is 31.1 Å². The largest absolute Gasteiger partial charge is 0.369 e. The molecule has 2 rings (SSSR count). The summed E-state index contributed by atoms with van der Waals surface area (Å²) in [5.41, 5.74) is 3.14. The average Bonchev–Trinajstić information content (AvgIpc) is 2.38. The molecule has 0 amide bonds. The monoisotopic (exact) mass is 246 g/mol. The lowest BCUT2D eigenvalue weighted by molar-refractivity contribution is 0.339. The van der Waals surface area contributed by atoms with Gasteiger partial charge in [-0.05, 0) is 29.0 Å². The first kappa shape index (κ1) is 13.4. The first-order valence-electron chi connectivity index (χ1n) is 7.04. The molecule has 0 bridgehead atoms. The molecule has 1 fully saturated rings. The zero-order valence-corrected chi connectivity index (χ0v) is 12.2. The molecule has 0 saturated carbocycles. The Balaban J connectivity index is 2.09. The fraction of sp³-hybridized carbons (Fsp3) is 0.625. The quantitative estimate of drug-likeness (QED) is 0.862. The number of nitrogens with one attached hydrogen (secondary N) is 1. The smallest absolute Gasteiger partial charge is 0.0367 e. The second-order valence-electron chi connectivity index (χ2n) is 6.42. The Bertz CT molecular complexity index is 369. The first-order chi connectivity index (χ1) is 8.48. The van der Waals surface area contributed by atoms with Gasteiger partial charge in [0.15, 0.2) is 0 Å². The first-order valence-corrected chi connectivity index (χ1v) is 7.04. The Morgan fingerprint density at radius 1 is 1.06 bits per heavy atom. The van der Waals surface area contributed by atoms with Crippen LogP contribution in [0.3, 0.4) is 0 Å². The van der Waals surface area contributed by atoms with Crippen LogP contribution in [-0.4, -0.2) is 26.2 Å². The Kier molecular flexibility index (Phi) is 3.96. The van der Waals surface area contributed by atoms with E-state index in [0.717, 1.165) is 26.2 Å². The lowest BCUT2D eigenvalue weighted by atomic mass is 9.78. The van der Waals surface area contributed by atoms with Gasteiger partial charge in [0.1, 0.15) is 0 Å².